The van der Waals surface area contributed by atoms with Gasteiger partial charge in [0.15, 0.2) is 0 Å². The van der Waals surface area contributed by atoms with Crippen LogP contribution in [0.1, 0.15) is 32.2 Å². The molecule has 0 saturated carbocycles. The summed E-state index contributed by atoms with van der Waals surface area (Å²) >= 11 is 3.54. The zero-order chi connectivity index (χ0) is 15.1. The number of rotatable bonds is 3. The number of piperazine rings is 1. The molecule has 1 N–H and O–H groups in total. The molecule has 6 nitrogen and oxygen atoms in total. The van der Waals surface area contributed by atoms with Crippen molar-refractivity contribution in [2.75, 3.05) is 6.54 Å². The average molecular weight is 343 g/mol. The maximum absolute atomic E-state index is 12.0. The SMILES string of the molecule is CCn1nc(C)c(Br)c1CN1CC(=O)NC(=O)C1(C)C. The Morgan fingerprint density at radius 3 is 2.65 bits per heavy atom. The average Bonchev–Trinajstić information content (AvgIpc) is 2.63. The minimum absolute atomic E-state index is 0.207. The Kier molecular flexibility index (Phi) is 4.02. The molecule has 7 heteroatoms. The van der Waals surface area contributed by atoms with Gasteiger partial charge in [0, 0.05) is 13.1 Å². The van der Waals surface area contributed by atoms with Crippen LogP contribution in [0.25, 0.3) is 0 Å². The molecule has 20 heavy (non-hydrogen) atoms. The molecule has 2 heterocycles. The first-order valence-corrected chi connectivity index (χ1v) is 7.37. The lowest BCUT2D eigenvalue weighted by atomic mass is 9.98. The van der Waals surface area contributed by atoms with Gasteiger partial charge in [0.25, 0.3) is 0 Å². The summed E-state index contributed by atoms with van der Waals surface area (Å²) in [6.45, 7) is 9.04. The summed E-state index contributed by atoms with van der Waals surface area (Å²) in [6, 6.07) is 0. The molecule has 0 radical (unpaired) electrons. The molecule has 1 aliphatic rings. The molecule has 0 unspecified atom stereocenters. The third-order valence-corrected chi connectivity index (χ3v) is 4.76. The number of imide groups is 1. The van der Waals surface area contributed by atoms with E-state index in [4.69, 9.17) is 0 Å². The van der Waals surface area contributed by atoms with Crippen LogP contribution >= 0.6 is 15.9 Å². The van der Waals surface area contributed by atoms with Crippen molar-refractivity contribution in [1.29, 1.82) is 0 Å². The van der Waals surface area contributed by atoms with E-state index >= 15 is 0 Å². The second-order valence-corrected chi connectivity index (χ2v) is 6.25. The van der Waals surface area contributed by atoms with Gasteiger partial charge < -0.3 is 0 Å². The number of hydrogen-bond acceptors (Lipinski definition) is 4. The lowest BCUT2D eigenvalue weighted by molar-refractivity contribution is -0.145. The molecule has 1 aliphatic heterocycles. The van der Waals surface area contributed by atoms with Gasteiger partial charge in [-0.2, -0.15) is 5.10 Å². The summed E-state index contributed by atoms with van der Waals surface area (Å²) in [4.78, 5) is 25.4. The van der Waals surface area contributed by atoms with Crippen molar-refractivity contribution in [3.8, 4) is 0 Å². The Morgan fingerprint density at radius 2 is 2.05 bits per heavy atom. The Labute approximate surface area is 126 Å². The maximum Gasteiger partial charge on any atom is 0.246 e. The van der Waals surface area contributed by atoms with Crippen LogP contribution in [0.4, 0.5) is 0 Å². The van der Waals surface area contributed by atoms with Crippen LogP contribution in [-0.4, -0.2) is 38.6 Å². The number of aryl methyl sites for hydroxylation is 2. The highest BCUT2D eigenvalue weighted by molar-refractivity contribution is 9.10. The monoisotopic (exact) mass is 342 g/mol. The Balaban J connectivity index is 2.33. The summed E-state index contributed by atoms with van der Waals surface area (Å²) in [6.07, 6.45) is 0. The highest BCUT2D eigenvalue weighted by atomic mass is 79.9. The van der Waals surface area contributed by atoms with Crippen LogP contribution in [0, 0.1) is 6.92 Å². The van der Waals surface area contributed by atoms with E-state index in [-0.39, 0.29) is 18.4 Å². The third-order valence-electron chi connectivity index (χ3n) is 3.73. The number of carbonyl (C=O) groups excluding carboxylic acids is 2. The number of carbonyl (C=O) groups is 2. The van der Waals surface area contributed by atoms with Crippen LogP contribution in [-0.2, 0) is 22.7 Å². The van der Waals surface area contributed by atoms with E-state index < -0.39 is 5.54 Å². The van der Waals surface area contributed by atoms with E-state index in [2.05, 4.69) is 26.3 Å². The van der Waals surface area contributed by atoms with Gasteiger partial charge in [0.1, 0.15) is 0 Å². The maximum atomic E-state index is 12.0. The molecule has 2 amide bonds. The minimum Gasteiger partial charge on any atom is -0.294 e. The Morgan fingerprint density at radius 1 is 1.40 bits per heavy atom. The number of aromatic nitrogens is 2. The normalized spacial score (nSPS) is 19.2. The molecule has 1 fully saturated rings. The fourth-order valence-corrected chi connectivity index (χ4v) is 2.70. The second-order valence-electron chi connectivity index (χ2n) is 5.45. The predicted octanol–water partition coefficient (Wildman–Crippen LogP) is 1.21. The lowest BCUT2D eigenvalue weighted by Gasteiger charge is -2.40. The van der Waals surface area contributed by atoms with Crippen molar-refractivity contribution in [2.24, 2.45) is 0 Å². The molecule has 0 bridgehead atoms. The van der Waals surface area contributed by atoms with Gasteiger partial charge in [0.05, 0.1) is 27.9 Å². The number of hydrogen-bond donors (Lipinski definition) is 1. The zero-order valence-electron chi connectivity index (χ0n) is 12.2. The molecule has 0 spiro atoms. The Hall–Kier alpha value is -1.21. The smallest absolute Gasteiger partial charge is 0.246 e. The van der Waals surface area contributed by atoms with Gasteiger partial charge in [0.2, 0.25) is 11.8 Å². The van der Waals surface area contributed by atoms with Crippen molar-refractivity contribution >= 4 is 27.7 Å². The van der Waals surface area contributed by atoms with Crippen LogP contribution in [0.2, 0.25) is 0 Å². The predicted molar refractivity (Wildman–Crippen MR) is 78.0 cm³/mol. The molecule has 1 aromatic rings. The summed E-state index contributed by atoms with van der Waals surface area (Å²) in [5.41, 5.74) is 1.18. The molecule has 1 saturated heterocycles. The standard InChI is InChI=1S/C13H19BrN4O2/c1-5-18-9(11(14)8(2)16-18)6-17-7-10(19)15-12(20)13(17,3)4/h5-7H2,1-4H3,(H,15,19,20). The van der Waals surface area contributed by atoms with Crippen LogP contribution < -0.4 is 5.32 Å². The van der Waals surface area contributed by atoms with Gasteiger partial charge in [-0.05, 0) is 43.6 Å². The molecular formula is C13H19BrN4O2. The number of nitrogens with zero attached hydrogens (tertiary/aromatic N) is 3. The van der Waals surface area contributed by atoms with E-state index in [1.165, 1.54) is 0 Å². The fraction of sp³-hybridized carbons (Fsp3) is 0.615. The largest absolute Gasteiger partial charge is 0.294 e. The van der Waals surface area contributed by atoms with Gasteiger partial charge in [-0.3, -0.25) is 24.5 Å². The molecule has 0 aliphatic carbocycles. The van der Waals surface area contributed by atoms with Gasteiger partial charge >= 0.3 is 0 Å². The topological polar surface area (TPSA) is 67.2 Å². The zero-order valence-corrected chi connectivity index (χ0v) is 13.7. The number of nitrogens with one attached hydrogen (secondary N) is 1. The molecule has 0 aromatic carbocycles. The summed E-state index contributed by atoms with van der Waals surface area (Å²) in [7, 11) is 0. The fourth-order valence-electron chi connectivity index (χ4n) is 2.29. The summed E-state index contributed by atoms with van der Waals surface area (Å²) in [5, 5.41) is 6.82. The highest BCUT2D eigenvalue weighted by Gasteiger charge is 2.41. The molecule has 1 aromatic heterocycles. The first-order chi connectivity index (χ1) is 9.27. The van der Waals surface area contributed by atoms with Crippen LogP contribution in [0.15, 0.2) is 4.47 Å². The van der Waals surface area contributed by atoms with E-state index in [1.807, 2.05) is 37.3 Å². The molecular weight excluding hydrogens is 324 g/mol. The molecule has 0 atom stereocenters. The summed E-state index contributed by atoms with van der Waals surface area (Å²) in [5.74, 6) is -0.520. The molecule has 110 valence electrons. The van der Waals surface area contributed by atoms with E-state index in [1.54, 1.807) is 0 Å². The minimum atomic E-state index is -0.718. The van der Waals surface area contributed by atoms with Gasteiger partial charge in [-0.25, -0.2) is 0 Å². The van der Waals surface area contributed by atoms with E-state index in [9.17, 15) is 9.59 Å². The molecule has 2 rings (SSSR count). The number of halogens is 1. The third kappa shape index (κ3) is 2.52. The van der Waals surface area contributed by atoms with Crippen molar-refractivity contribution in [2.45, 2.75) is 46.3 Å². The van der Waals surface area contributed by atoms with Gasteiger partial charge in [-0.1, -0.05) is 0 Å². The summed E-state index contributed by atoms with van der Waals surface area (Å²) < 4.78 is 2.83. The first kappa shape index (κ1) is 15.2. The van der Waals surface area contributed by atoms with E-state index in [0.29, 0.717) is 6.54 Å². The van der Waals surface area contributed by atoms with Crippen molar-refractivity contribution in [3.63, 3.8) is 0 Å². The van der Waals surface area contributed by atoms with E-state index in [0.717, 1.165) is 22.4 Å². The van der Waals surface area contributed by atoms with Crippen molar-refractivity contribution < 1.29 is 9.59 Å². The highest BCUT2D eigenvalue weighted by Crippen LogP contribution is 2.26. The van der Waals surface area contributed by atoms with Crippen molar-refractivity contribution in [3.05, 3.63) is 15.9 Å². The lowest BCUT2D eigenvalue weighted by Crippen LogP contribution is -2.63. The van der Waals surface area contributed by atoms with Crippen molar-refractivity contribution in [1.82, 2.24) is 20.0 Å². The number of amides is 2. The van der Waals surface area contributed by atoms with Crippen LogP contribution in [0.3, 0.4) is 0 Å². The second kappa shape index (κ2) is 5.29. The first-order valence-electron chi connectivity index (χ1n) is 6.58. The Bertz CT molecular complexity index is 565. The quantitative estimate of drug-likeness (QED) is 0.838. The van der Waals surface area contributed by atoms with Gasteiger partial charge in [-0.15, -0.1) is 0 Å². The van der Waals surface area contributed by atoms with Crippen LogP contribution in [0.5, 0.6) is 0 Å².